The summed E-state index contributed by atoms with van der Waals surface area (Å²) in [5, 5.41) is 2.88. The number of carbonyl (C=O) groups is 1. The van der Waals surface area contributed by atoms with E-state index in [1.54, 1.807) is 0 Å². The van der Waals surface area contributed by atoms with Crippen molar-refractivity contribution in [1.29, 1.82) is 0 Å². The van der Waals surface area contributed by atoms with E-state index in [1.807, 2.05) is 61.5 Å². The fourth-order valence-electron chi connectivity index (χ4n) is 2.13. The molecule has 0 aliphatic carbocycles. The fraction of sp³-hybridized carbons (Fsp3) is 0.278. The molecule has 0 heterocycles. The Morgan fingerprint density at radius 2 is 1.82 bits per heavy atom. The smallest absolute Gasteiger partial charge is 0.226 e. The monoisotopic (exact) mass is 298 g/mol. The number of hydrogen-bond acceptors (Lipinski definition) is 3. The molecule has 2 aromatic carbocycles. The highest BCUT2D eigenvalue weighted by Crippen LogP contribution is 2.24. The van der Waals surface area contributed by atoms with E-state index in [0.717, 1.165) is 12.0 Å². The van der Waals surface area contributed by atoms with Gasteiger partial charge in [0.25, 0.3) is 0 Å². The van der Waals surface area contributed by atoms with E-state index in [0.29, 0.717) is 18.0 Å². The van der Waals surface area contributed by atoms with Crippen molar-refractivity contribution in [2.24, 2.45) is 5.73 Å². The van der Waals surface area contributed by atoms with Gasteiger partial charge in [0.05, 0.1) is 12.3 Å². The third-order valence-corrected chi connectivity index (χ3v) is 3.26. The first-order chi connectivity index (χ1) is 10.7. The molecule has 2 aromatic rings. The maximum absolute atomic E-state index is 12.2. The van der Waals surface area contributed by atoms with E-state index in [-0.39, 0.29) is 18.4 Å². The van der Waals surface area contributed by atoms with Crippen molar-refractivity contribution in [3.63, 3.8) is 0 Å². The Balaban J connectivity index is 1.97. The number of hydrogen-bond donors (Lipinski definition) is 2. The number of nitrogens with one attached hydrogen (secondary N) is 1. The molecule has 0 aliphatic rings. The molecule has 1 atom stereocenters. The molecule has 4 nitrogen and oxygen atoms in total. The van der Waals surface area contributed by atoms with Crippen molar-refractivity contribution in [2.75, 3.05) is 11.9 Å². The lowest BCUT2D eigenvalue weighted by Crippen LogP contribution is -2.20. The first kappa shape index (κ1) is 16.0. The van der Waals surface area contributed by atoms with Crippen LogP contribution in [0.1, 0.15) is 31.4 Å². The number of carbonyl (C=O) groups excluding carboxylic acids is 1. The van der Waals surface area contributed by atoms with Crippen LogP contribution in [0.3, 0.4) is 0 Å². The van der Waals surface area contributed by atoms with Crippen LogP contribution >= 0.6 is 0 Å². The van der Waals surface area contributed by atoms with Crippen LogP contribution in [0.25, 0.3) is 0 Å². The number of anilines is 1. The molecule has 0 fully saturated rings. The van der Waals surface area contributed by atoms with Gasteiger partial charge in [-0.3, -0.25) is 4.79 Å². The van der Waals surface area contributed by atoms with E-state index in [2.05, 4.69) is 5.32 Å². The fourth-order valence-corrected chi connectivity index (χ4v) is 2.13. The third-order valence-electron chi connectivity index (χ3n) is 3.26. The van der Waals surface area contributed by atoms with Gasteiger partial charge < -0.3 is 15.8 Å². The van der Waals surface area contributed by atoms with Crippen LogP contribution in [0.5, 0.6) is 5.75 Å². The zero-order valence-electron chi connectivity index (χ0n) is 12.8. The van der Waals surface area contributed by atoms with Crippen LogP contribution < -0.4 is 15.8 Å². The van der Waals surface area contributed by atoms with Gasteiger partial charge in [0.1, 0.15) is 5.75 Å². The highest BCUT2D eigenvalue weighted by molar-refractivity contribution is 5.92. The number of rotatable bonds is 7. The molecule has 116 valence electrons. The van der Waals surface area contributed by atoms with Gasteiger partial charge in [-0.25, -0.2) is 0 Å². The Bertz CT molecular complexity index is 599. The predicted octanol–water partition coefficient (Wildman–Crippen LogP) is 3.50. The Kier molecular flexibility index (Phi) is 5.98. The maximum atomic E-state index is 12.2. The average Bonchev–Trinajstić information content (AvgIpc) is 2.54. The van der Waals surface area contributed by atoms with Crippen LogP contribution in [-0.2, 0) is 4.79 Å². The number of amides is 1. The van der Waals surface area contributed by atoms with Crippen LogP contribution in [-0.4, -0.2) is 12.5 Å². The molecule has 4 heteroatoms. The van der Waals surface area contributed by atoms with Gasteiger partial charge in [0.15, 0.2) is 0 Å². The summed E-state index contributed by atoms with van der Waals surface area (Å²) in [5.41, 5.74) is 7.71. The van der Waals surface area contributed by atoms with Crippen molar-refractivity contribution in [2.45, 2.75) is 25.8 Å². The lowest BCUT2D eigenvalue weighted by atomic mass is 10.0. The van der Waals surface area contributed by atoms with E-state index in [4.69, 9.17) is 10.5 Å². The minimum absolute atomic E-state index is 0.121. The van der Waals surface area contributed by atoms with Crippen LogP contribution in [0, 0.1) is 0 Å². The van der Waals surface area contributed by atoms with Crippen molar-refractivity contribution >= 4 is 11.6 Å². The van der Waals surface area contributed by atoms with Crippen LogP contribution in [0.2, 0.25) is 0 Å². The topological polar surface area (TPSA) is 64.3 Å². The number of ether oxygens (including phenoxy) is 1. The van der Waals surface area contributed by atoms with E-state index < -0.39 is 0 Å². The van der Waals surface area contributed by atoms with Crippen LogP contribution in [0.15, 0.2) is 54.6 Å². The number of nitrogens with two attached hydrogens (primary N) is 1. The second-order valence-corrected chi connectivity index (χ2v) is 5.11. The summed E-state index contributed by atoms with van der Waals surface area (Å²) in [6.07, 6.45) is 1.15. The third kappa shape index (κ3) is 4.60. The standard InChI is InChI=1S/C18H22N2O2/c1-2-12-22-17-11-7-6-10-16(17)20-18(21)13-15(19)14-8-4-3-5-9-14/h3-11,15H,2,12-13,19H2,1H3,(H,20,21). The quantitative estimate of drug-likeness (QED) is 0.822. The SMILES string of the molecule is CCCOc1ccccc1NC(=O)CC(N)c1ccccc1. The molecular formula is C18H22N2O2. The van der Waals surface area contributed by atoms with Crippen molar-refractivity contribution < 1.29 is 9.53 Å². The molecule has 0 saturated heterocycles. The molecule has 3 N–H and O–H groups in total. The molecule has 1 amide bonds. The normalized spacial score (nSPS) is 11.7. The van der Waals surface area contributed by atoms with Gasteiger partial charge in [0.2, 0.25) is 5.91 Å². The van der Waals surface area contributed by atoms with Crippen molar-refractivity contribution in [3.05, 3.63) is 60.2 Å². The minimum Gasteiger partial charge on any atom is -0.491 e. The van der Waals surface area contributed by atoms with Gasteiger partial charge in [-0.05, 0) is 24.1 Å². The molecule has 0 spiro atoms. The van der Waals surface area contributed by atoms with Gasteiger partial charge in [-0.15, -0.1) is 0 Å². The second-order valence-electron chi connectivity index (χ2n) is 5.11. The molecule has 0 saturated carbocycles. The van der Waals surface area contributed by atoms with Gasteiger partial charge in [-0.1, -0.05) is 49.4 Å². The molecule has 2 rings (SSSR count). The lowest BCUT2D eigenvalue weighted by Gasteiger charge is -2.14. The summed E-state index contributed by atoms with van der Waals surface area (Å²) in [6, 6.07) is 16.7. The highest BCUT2D eigenvalue weighted by Gasteiger charge is 2.13. The number of para-hydroxylation sites is 2. The first-order valence-corrected chi connectivity index (χ1v) is 7.53. The summed E-state index contributed by atoms with van der Waals surface area (Å²) < 4.78 is 5.63. The Labute approximate surface area is 131 Å². The second kappa shape index (κ2) is 8.20. The van der Waals surface area contributed by atoms with E-state index in [9.17, 15) is 4.79 Å². The summed E-state index contributed by atoms with van der Waals surface area (Å²) in [4.78, 5) is 12.2. The molecular weight excluding hydrogens is 276 g/mol. The van der Waals surface area contributed by atoms with Gasteiger partial charge >= 0.3 is 0 Å². The predicted molar refractivity (Wildman–Crippen MR) is 88.8 cm³/mol. The largest absolute Gasteiger partial charge is 0.491 e. The Morgan fingerprint density at radius 1 is 1.14 bits per heavy atom. The minimum atomic E-state index is -0.315. The Hall–Kier alpha value is -2.33. The van der Waals surface area contributed by atoms with Crippen molar-refractivity contribution in [3.8, 4) is 5.75 Å². The summed E-state index contributed by atoms with van der Waals surface area (Å²) in [7, 11) is 0. The molecule has 1 unspecified atom stereocenters. The highest BCUT2D eigenvalue weighted by atomic mass is 16.5. The summed E-state index contributed by atoms with van der Waals surface area (Å²) in [5.74, 6) is 0.565. The lowest BCUT2D eigenvalue weighted by molar-refractivity contribution is -0.116. The van der Waals surface area contributed by atoms with Crippen molar-refractivity contribution in [1.82, 2.24) is 0 Å². The molecule has 0 aromatic heterocycles. The summed E-state index contributed by atoms with van der Waals surface area (Å²) in [6.45, 7) is 2.66. The first-order valence-electron chi connectivity index (χ1n) is 7.53. The zero-order chi connectivity index (χ0) is 15.8. The van der Waals surface area contributed by atoms with E-state index in [1.165, 1.54) is 0 Å². The Morgan fingerprint density at radius 3 is 2.55 bits per heavy atom. The average molecular weight is 298 g/mol. The molecule has 0 bridgehead atoms. The van der Waals surface area contributed by atoms with Gasteiger partial charge in [-0.2, -0.15) is 0 Å². The maximum Gasteiger partial charge on any atom is 0.226 e. The molecule has 0 aliphatic heterocycles. The molecule has 0 radical (unpaired) electrons. The van der Waals surface area contributed by atoms with E-state index >= 15 is 0 Å². The number of benzene rings is 2. The summed E-state index contributed by atoms with van der Waals surface area (Å²) >= 11 is 0. The molecule has 22 heavy (non-hydrogen) atoms. The van der Waals surface area contributed by atoms with Crippen LogP contribution in [0.4, 0.5) is 5.69 Å². The zero-order valence-corrected chi connectivity index (χ0v) is 12.8. The van der Waals surface area contributed by atoms with Gasteiger partial charge in [0, 0.05) is 12.5 Å².